The molecule has 0 aliphatic rings. The van der Waals surface area contributed by atoms with E-state index in [-0.39, 0.29) is 0 Å². The highest BCUT2D eigenvalue weighted by molar-refractivity contribution is 6.12. The first-order chi connectivity index (χ1) is 2.27. The molecule has 4 heteroatoms. The second-order valence-corrected chi connectivity index (χ2v) is 0.482. The van der Waals surface area contributed by atoms with Gasteiger partial charge in [-0.1, -0.05) is 0 Å². The molecule has 0 atom stereocenters. The van der Waals surface area contributed by atoms with Gasteiger partial charge in [-0.15, -0.1) is 0 Å². The molecule has 27 valence electrons. The van der Waals surface area contributed by atoms with E-state index in [9.17, 15) is 4.79 Å². The van der Waals surface area contributed by atoms with Gasteiger partial charge in [0.2, 0.25) is 7.98 Å². The molecular weight excluding hydrogens is 68.8 g/mol. The zero-order chi connectivity index (χ0) is 4.28. The third-order valence-corrected chi connectivity index (χ3v) is 0.151. The Morgan fingerprint density at radius 1 is 2.00 bits per heavy atom. The highest BCUT2D eigenvalue weighted by Crippen LogP contribution is 1.44. The Hall–Kier alpha value is -0.665. The van der Waals surface area contributed by atoms with Crippen LogP contribution in [0.2, 0.25) is 0 Å². The fraction of sp³-hybridized carbons (Fsp3) is 0. The zero-order valence-electron chi connectivity index (χ0n) is 2.56. The lowest BCUT2D eigenvalue weighted by Gasteiger charge is -1.78. The Morgan fingerprint density at radius 2 is 2.20 bits per heavy atom. The molecule has 0 aromatic rings. The Balaban J connectivity index is 2.85. The molecule has 0 spiro atoms. The van der Waals surface area contributed by atoms with Gasteiger partial charge in [-0.05, 0) is 0 Å². The van der Waals surface area contributed by atoms with E-state index in [4.69, 9.17) is 5.11 Å². The summed E-state index contributed by atoms with van der Waals surface area (Å²) in [4.78, 5) is 9.19. The molecule has 0 aromatic carbocycles. The number of carbonyl (C=O) groups is 1. The number of nitrogens with one attached hydrogen (secondary N) is 1. The van der Waals surface area contributed by atoms with Crippen molar-refractivity contribution >= 4 is 14.1 Å². The molecule has 0 heterocycles. The Kier molecular flexibility index (Phi) is 1.42. The van der Waals surface area contributed by atoms with Crippen LogP contribution in [0, 0.1) is 0 Å². The Morgan fingerprint density at radius 3 is 2.20 bits per heavy atom. The van der Waals surface area contributed by atoms with Crippen LogP contribution < -0.4 is 5.23 Å². The second kappa shape index (κ2) is 1.63. The Labute approximate surface area is 30.4 Å². The number of rotatable bonds is 0. The first-order valence-corrected chi connectivity index (χ1v) is 1.03. The van der Waals surface area contributed by atoms with E-state index in [2.05, 4.69) is 7.98 Å². The van der Waals surface area contributed by atoms with Gasteiger partial charge in [0.05, 0.1) is 0 Å². The first kappa shape index (κ1) is 4.33. The van der Waals surface area contributed by atoms with Crippen LogP contribution in [0.4, 0.5) is 4.79 Å². The van der Waals surface area contributed by atoms with Gasteiger partial charge >= 0.3 is 6.09 Å². The highest BCUT2D eigenvalue weighted by atomic mass is 16.4. The minimum atomic E-state index is -1.11. The van der Waals surface area contributed by atoms with Crippen molar-refractivity contribution in [2.75, 3.05) is 0 Å². The summed E-state index contributed by atoms with van der Waals surface area (Å²) < 4.78 is 0. The van der Waals surface area contributed by atoms with Crippen molar-refractivity contribution in [2.24, 2.45) is 0 Å². The predicted molar refractivity (Wildman–Crippen MR) is 18.3 cm³/mol. The van der Waals surface area contributed by atoms with Gasteiger partial charge in [0.1, 0.15) is 0 Å². The summed E-state index contributed by atoms with van der Waals surface area (Å²) in [5, 5.41) is 9.24. The quantitative estimate of drug-likeness (QED) is 0.363. The second-order valence-electron chi connectivity index (χ2n) is 0.482. The molecule has 0 bridgehead atoms. The minimum Gasteiger partial charge on any atom is -0.466 e. The van der Waals surface area contributed by atoms with E-state index in [1.807, 2.05) is 0 Å². The molecule has 1 radical (unpaired) electrons. The van der Waals surface area contributed by atoms with E-state index >= 15 is 0 Å². The molecule has 0 aliphatic carbocycles. The van der Waals surface area contributed by atoms with Crippen LogP contribution in [0.15, 0.2) is 0 Å². The van der Waals surface area contributed by atoms with Crippen LogP contribution in [-0.4, -0.2) is 19.2 Å². The highest BCUT2D eigenvalue weighted by Gasteiger charge is 1.77. The van der Waals surface area contributed by atoms with E-state index in [1.165, 1.54) is 0 Å². The van der Waals surface area contributed by atoms with Crippen molar-refractivity contribution in [3.8, 4) is 0 Å². The van der Waals surface area contributed by atoms with E-state index in [0.717, 1.165) is 0 Å². The van der Waals surface area contributed by atoms with Gasteiger partial charge in [0, 0.05) is 0 Å². The summed E-state index contributed by atoms with van der Waals surface area (Å²) >= 11 is 0. The lowest BCUT2D eigenvalue weighted by molar-refractivity contribution is 0.201. The van der Waals surface area contributed by atoms with E-state index < -0.39 is 6.09 Å². The molecule has 3 nitrogen and oxygen atoms in total. The average Bonchev–Trinajstić information content (AvgIpc) is 1.38. The van der Waals surface area contributed by atoms with Gasteiger partial charge in [0.15, 0.2) is 0 Å². The fourth-order valence-corrected chi connectivity index (χ4v) is 0. The fourth-order valence-electron chi connectivity index (χ4n) is 0. The molecule has 0 aliphatic heterocycles. The smallest absolute Gasteiger partial charge is 0.391 e. The van der Waals surface area contributed by atoms with Gasteiger partial charge < -0.3 is 10.3 Å². The summed E-state index contributed by atoms with van der Waals surface area (Å²) in [6, 6.07) is 0. The van der Waals surface area contributed by atoms with Crippen molar-refractivity contribution in [1.82, 2.24) is 5.23 Å². The van der Waals surface area contributed by atoms with Crippen molar-refractivity contribution < 1.29 is 9.90 Å². The van der Waals surface area contributed by atoms with Crippen LogP contribution >= 0.6 is 0 Å². The van der Waals surface area contributed by atoms with E-state index in [0.29, 0.717) is 0 Å². The average molecular weight is 71.9 g/mol. The van der Waals surface area contributed by atoms with Crippen LogP contribution in [0.3, 0.4) is 0 Å². The van der Waals surface area contributed by atoms with Gasteiger partial charge in [-0.25, -0.2) is 4.79 Å². The van der Waals surface area contributed by atoms with E-state index in [1.54, 1.807) is 5.23 Å². The molecule has 0 rings (SSSR count). The van der Waals surface area contributed by atoms with Gasteiger partial charge in [-0.2, -0.15) is 0 Å². The lowest BCUT2D eigenvalue weighted by Crippen LogP contribution is -2.15. The van der Waals surface area contributed by atoms with Gasteiger partial charge in [-0.3, -0.25) is 0 Å². The number of carboxylic acid groups (broad SMARTS) is 1. The third kappa shape index (κ3) is 3.33. The van der Waals surface area contributed by atoms with Crippen LogP contribution in [-0.2, 0) is 0 Å². The molecule has 1 amide bonds. The number of amides is 1. The maximum atomic E-state index is 9.19. The zero-order valence-corrected chi connectivity index (χ0v) is 2.56. The maximum absolute atomic E-state index is 9.19. The standard InChI is InChI=1S/CH3BNO2/c2-3-1(4)5/h2-3H,(H,4,5). The number of hydrogen-bond donors (Lipinski definition) is 2. The van der Waals surface area contributed by atoms with Crippen molar-refractivity contribution in [3.63, 3.8) is 0 Å². The monoisotopic (exact) mass is 72.0 g/mol. The van der Waals surface area contributed by atoms with Crippen LogP contribution in [0.25, 0.3) is 0 Å². The van der Waals surface area contributed by atoms with Crippen molar-refractivity contribution in [2.45, 2.75) is 0 Å². The molecule has 0 saturated carbocycles. The molecular formula is CH3BNO2. The SMILES string of the molecule is [BH]NC(=O)O. The van der Waals surface area contributed by atoms with Crippen molar-refractivity contribution in [3.05, 3.63) is 0 Å². The number of hydrogen-bond acceptors (Lipinski definition) is 1. The lowest BCUT2D eigenvalue weighted by atomic mass is 10.5. The molecule has 0 aromatic heterocycles. The first-order valence-electron chi connectivity index (χ1n) is 1.03. The summed E-state index contributed by atoms with van der Waals surface area (Å²) in [6.45, 7) is 0. The third-order valence-electron chi connectivity index (χ3n) is 0.151. The van der Waals surface area contributed by atoms with Crippen LogP contribution in [0.5, 0.6) is 0 Å². The molecule has 0 fully saturated rings. The van der Waals surface area contributed by atoms with Crippen molar-refractivity contribution in [1.29, 1.82) is 0 Å². The Bertz CT molecular complexity index is 44.9. The maximum Gasteiger partial charge on any atom is 0.391 e. The molecule has 5 heavy (non-hydrogen) atoms. The topological polar surface area (TPSA) is 49.3 Å². The molecule has 0 saturated heterocycles. The summed E-state index contributed by atoms with van der Waals surface area (Å²) in [5.74, 6) is 0. The summed E-state index contributed by atoms with van der Waals surface area (Å²) in [5.41, 5.74) is 0. The minimum absolute atomic E-state index is 1.11. The largest absolute Gasteiger partial charge is 0.466 e. The summed E-state index contributed by atoms with van der Waals surface area (Å²) in [6.07, 6.45) is -1.11. The van der Waals surface area contributed by atoms with Crippen LogP contribution in [0.1, 0.15) is 0 Å². The molecule has 0 unspecified atom stereocenters. The predicted octanol–water partition coefficient (Wildman–Crippen LogP) is -0.930. The molecule has 2 N–H and O–H groups in total. The summed E-state index contributed by atoms with van der Waals surface area (Å²) in [7, 11) is 2.84. The van der Waals surface area contributed by atoms with Gasteiger partial charge in [0.25, 0.3) is 0 Å². The normalized spacial score (nSPS) is 6.40.